The molecule has 1 amide bonds. The van der Waals surface area contributed by atoms with Gasteiger partial charge in [-0.1, -0.05) is 30.3 Å². The van der Waals surface area contributed by atoms with E-state index in [1.165, 1.54) is 12.1 Å². The molecule has 2 aromatic carbocycles. The number of hydrogen-bond acceptors (Lipinski definition) is 3. The quantitative estimate of drug-likeness (QED) is 0.695. The molecule has 1 fully saturated rings. The molecule has 108 valence electrons. The van der Waals surface area contributed by atoms with E-state index in [9.17, 15) is 17.6 Å². The van der Waals surface area contributed by atoms with Gasteiger partial charge in [0.2, 0.25) is 5.91 Å². The van der Waals surface area contributed by atoms with E-state index in [1.54, 1.807) is 24.3 Å². The Balaban J connectivity index is 1.98. The third-order valence-corrected chi connectivity index (χ3v) is 5.58. The minimum atomic E-state index is -3.84. The molecule has 1 N–H and O–H groups in total. The van der Waals surface area contributed by atoms with Crippen LogP contribution in [0.15, 0.2) is 59.5 Å². The first-order valence-electron chi connectivity index (χ1n) is 6.35. The second kappa shape index (κ2) is 4.96. The van der Waals surface area contributed by atoms with Crippen LogP contribution in [-0.2, 0) is 14.6 Å². The van der Waals surface area contributed by atoms with Crippen molar-refractivity contribution in [2.75, 3.05) is 0 Å². The Kier molecular flexibility index (Phi) is 3.25. The molecule has 0 aromatic heterocycles. The molecule has 0 saturated carbocycles. The highest BCUT2D eigenvalue weighted by Crippen LogP contribution is 2.33. The number of sulfone groups is 1. The van der Waals surface area contributed by atoms with Gasteiger partial charge in [0.05, 0.1) is 10.9 Å². The van der Waals surface area contributed by atoms with Crippen molar-refractivity contribution in [3.8, 4) is 0 Å². The molecule has 3 rings (SSSR count). The standard InChI is InChI=1S/C15H12FNO3S/c16-11-6-8-12(9-7-11)21(19,20)14-13(17-15(14)18)10-4-2-1-3-5-10/h1-9,13-14H,(H,17,18)/t13-,14-/m0/s1. The highest BCUT2D eigenvalue weighted by molar-refractivity contribution is 7.93. The van der Waals surface area contributed by atoms with E-state index < -0.39 is 32.9 Å². The van der Waals surface area contributed by atoms with Gasteiger partial charge in [0, 0.05) is 0 Å². The second-order valence-electron chi connectivity index (χ2n) is 4.82. The molecular formula is C15H12FNO3S. The normalized spacial score (nSPS) is 21.5. The predicted octanol–water partition coefficient (Wildman–Crippen LogP) is 1.84. The van der Waals surface area contributed by atoms with Crippen LogP contribution in [-0.4, -0.2) is 19.6 Å². The first kappa shape index (κ1) is 13.8. The number of nitrogens with one attached hydrogen (secondary N) is 1. The summed E-state index contributed by atoms with van der Waals surface area (Å²) in [6, 6.07) is 12.8. The lowest BCUT2D eigenvalue weighted by molar-refractivity contribution is -0.127. The van der Waals surface area contributed by atoms with Gasteiger partial charge < -0.3 is 5.32 Å². The van der Waals surface area contributed by atoms with E-state index in [-0.39, 0.29) is 4.90 Å². The summed E-state index contributed by atoms with van der Waals surface area (Å²) < 4.78 is 38.0. The Labute approximate surface area is 121 Å². The lowest BCUT2D eigenvalue weighted by Crippen LogP contribution is -2.59. The fraction of sp³-hybridized carbons (Fsp3) is 0.133. The van der Waals surface area contributed by atoms with Crippen LogP contribution in [0.3, 0.4) is 0 Å². The van der Waals surface area contributed by atoms with Crippen molar-refractivity contribution < 1.29 is 17.6 Å². The lowest BCUT2D eigenvalue weighted by Gasteiger charge is -2.36. The number of carbonyl (C=O) groups is 1. The van der Waals surface area contributed by atoms with Crippen LogP contribution in [0, 0.1) is 5.82 Å². The average Bonchev–Trinajstić information content (AvgIpc) is 2.45. The minimum Gasteiger partial charge on any atom is -0.346 e. The van der Waals surface area contributed by atoms with Crippen molar-refractivity contribution in [3.63, 3.8) is 0 Å². The number of rotatable bonds is 3. The Morgan fingerprint density at radius 2 is 1.57 bits per heavy atom. The molecule has 0 radical (unpaired) electrons. The summed E-state index contributed by atoms with van der Waals surface area (Å²) in [5.74, 6) is -1.06. The van der Waals surface area contributed by atoms with E-state index in [0.29, 0.717) is 0 Å². The number of benzene rings is 2. The number of β-lactam (4-membered cyclic amide) rings is 1. The summed E-state index contributed by atoms with van der Waals surface area (Å²) in [6.45, 7) is 0. The SMILES string of the molecule is O=C1N[C@@H](c2ccccc2)[C@@H]1S(=O)(=O)c1ccc(F)cc1. The zero-order chi connectivity index (χ0) is 15.0. The number of halogens is 1. The average molecular weight is 305 g/mol. The smallest absolute Gasteiger partial charge is 0.241 e. The molecule has 0 spiro atoms. The molecule has 6 heteroatoms. The summed E-state index contributed by atoms with van der Waals surface area (Å²) >= 11 is 0. The van der Waals surface area contributed by atoms with Gasteiger partial charge in [-0.3, -0.25) is 4.79 Å². The van der Waals surface area contributed by atoms with Crippen molar-refractivity contribution in [3.05, 3.63) is 66.0 Å². The van der Waals surface area contributed by atoms with Gasteiger partial charge in [-0.05, 0) is 29.8 Å². The maximum absolute atomic E-state index is 12.9. The van der Waals surface area contributed by atoms with Gasteiger partial charge in [0.25, 0.3) is 0 Å². The van der Waals surface area contributed by atoms with Crippen LogP contribution in [0.5, 0.6) is 0 Å². The summed E-state index contributed by atoms with van der Waals surface area (Å²) in [4.78, 5) is 11.7. The molecule has 0 bridgehead atoms. The first-order valence-corrected chi connectivity index (χ1v) is 7.89. The van der Waals surface area contributed by atoms with Gasteiger partial charge in [-0.2, -0.15) is 0 Å². The zero-order valence-corrected chi connectivity index (χ0v) is 11.7. The van der Waals surface area contributed by atoms with Crippen LogP contribution < -0.4 is 5.32 Å². The minimum absolute atomic E-state index is 0.0512. The number of carbonyl (C=O) groups excluding carboxylic acids is 1. The lowest BCUT2D eigenvalue weighted by atomic mass is 9.97. The third-order valence-electron chi connectivity index (χ3n) is 3.49. The maximum Gasteiger partial charge on any atom is 0.241 e. The number of amides is 1. The fourth-order valence-corrected chi connectivity index (χ4v) is 4.12. The molecule has 21 heavy (non-hydrogen) atoms. The fourth-order valence-electron chi connectivity index (χ4n) is 2.38. The largest absolute Gasteiger partial charge is 0.346 e. The third kappa shape index (κ3) is 2.31. The highest BCUT2D eigenvalue weighted by atomic mass is 32.2. The van der Waals surface area contributed by atoms with Crippen LogP contribution in [0.25, 0.3) is 0 Å². The van der Waals surface area contributed by atoms with Crippen molar-refractivity contribution in [2.45, 2.75) is 16.2 Å². The van der Waals surface area contributed by atoms with E-state index in [2.05, 4.69) is 5.32 Å². The van der Waals surface area contributed by atoms with Gasteiger partial charge in [-0.25, -0.2) is 12.8 Å². The van der Waals surface area contributed by atoms with Crippen LogP contribution in [0.1, 0.15) is 11.6 Å². The zero-order valence-electron chi connectivity index (χ0n) is 10.9. The maximum atomic E-state index is 12.9. The molecule has 0 unspecified atom stereocenters. The molecular weight excluding hydrogens is 293 g/mol. The van der Waals surface area contributed by atoms with Crippen LogP contribution in [0.2, 0.25) is 0 Å². The van der Waals surface area contributed by atoms with Crippen molar-refractivity contribution in [2.24, 2.45) is 0 Å². The van der Waals surface area contributed by atoms with Crippen molar-refractivity contribution in [1.82, 2.24) is 5.32 Å². The molecule has 1 saturated heterocycles. The van der Waals surface area contributed by atoms with E-state index >= 15 is 0 Å². The molecule has 4 nitrogen and oxygen atoms in total. The van der Waals surface area contributed by atoms with Crippen molar-refractivity contribution >= 4 is 15.7 Å². The van der Waals surface area contributed by atoms with Gasteiger partial charge >= 0.3 is 0 Å². The van der Waals surface area contributed by atoms with E-state index in [1.807, 2.05) is 6.07 Å². The highest BCUT2D eigenvalue weighted by Gasteiger charge is 2.49. The van der Waals surface area contributed by atoms with Crippen LogP contribution >= 0.6 is 0 Å². The van der Waals surface area contributed by atoms with E-state index in [0.717, 1.165) is 17.7 Å². The van der Waals surface area contributed by atoms with E-state index in [4.69, 9.17) is 0 Å². The van der Waals surface area contributed by atoms with Crippen molar-refractivity contribution in [1.29, 1.82) is 0 Å². The Morgan fingerprint density at radius 1 is 0.952 bits per heavy atom. The summed E-state index contributed by atoms with van der Waals surface area (Å²) in [5.41, 5.74) is 0.729. The summed E-state index contributed by atoms with van der Waals surface area (Å²) in [6.07, 6.45) is 0. The predicted molar refractivity (Wildman–Crippen MR) is 74.7 cm³/mol. The second-order valence-corrected chi connectivity index (χ2v) is 6.89. The Morgan fingerprint density at radius 3 is 2.14 bits per heavy atom. The van der Waals surface area contributed by atoms with Gasteiger partial charge in [0.15, 0.2) is 15.1 Å². The Bertz CT molecular complexity index is 772. The molecule has 2 aromatic rings. The topological polar surface area (TPSA) is 63.2 Å². The monoisotopic (exact) mass is 305 g/mol. The van der Waals surface area contributed by atoms with Gasteiger partial charge in [0.1, 0.15) is 5.82 Å². The van der Waals surface area contributed by atoms with Crippen LogP contribution in [0.4, 0.5) is 4.39 Å². The molecule has 0 aliphatic carbocycles. The molecule has 2 atom stereocenters. The Hall–Kier alpha value is -2.21. The molecule has 1 aliphatic heterocycles. The molecule has 1 heterocycles. The van der Waals surface area contributed by atoms with Gasteiger partial charge in [-0.15, -0.1) is 0 Å². The number of hydrogen-bond donors (Lipinski definition) is 1. The summed E-state index contributed by atoms with van der Waals surface area (Å²) in [5, 5.41) is 1.43. The molecule has 1 aliphatic rings. The first-order chi connectivity index (χ1) is 10.00. The summed E-state index contributed by atoms with van der Waals surface area (Å²) in [7, 11) is -3.84.